The fraction of sp³-hybridized carbons (Fsp3) is 0.235. The van der Waals surface area contributed by atoms with Crippen LogP contribution in [0.1, 0.15) is 26.8 Å². The lowest BCUT2D eigenvalue weighted by Crippen LogP contribution is -2.11. The van der Waals surface area contributed by atoms with Gasteiger partial charge in [0, 0.05) is 21.7 Å². The summed E-state index contributed by atoms with van der Waals surface area (Å²) in [7, 11) is 0. The number of hydrogen-bond donors (Lipinski definition) is 1. The van der Waals surface area contributed by atoms with Gasteiger partial charge < -0.3 is 5.32 Å². The predicted molar refractivity (Wildman–Crippen MR) is 97.8 cm³/mol. The number of anilines is 1. The Morgan fingerprint density at radius 3 is 2.48 bits per heavy atom. The van der Waals surface area contributed by atoms with Crippen LogP contribution in [0.5, 0.6) is 0 Å². The van der Waals surface area contributed by atoms with Crippen molar-refractivity contribution in [3.05, 3.63) is 46.2 Å². The number of amides is 1. The number of nitrogens with zero attached hydrogens (tertiary/aromatic N) is 2. The SMILES string of the molecule is CSc1ccc(NC(=O)c2sc3nc(C)nc(C)c3c2C)cc1. The Bertz CT molecular complexity index is 885. The van der Waals surface area contributed by atoms with E-state index in [2.05, 4.69) is 15.3 Å². The van der Waals surface area contributed by atoms with Crippen LogP contribution in [0.3, 0.4) is 0 Å². The van der Waals surface area contributed by atoms with Crippen LogP contribution in [0, 0.1) is 20.8 Å². The number of carbonyl (C=O) groups is 1. The van der Waals surface area contributed by atoms with Crippen molar-refractivity contribution in [3.8, 4) is 0 Å². The van der Waals surface area contributed by atoms with Crippen molar-refractivity contribution in [2.75, 3.05) is 11.6 Å². The molecule has 0 radical (unpaired) electrons. The van der Waals surface area contributed by atoms with Crippen LogP contribution in [-0.2, 0) is 0 Å². The molecule has 0 bridgehead atoms. The zero-order valence-electron chi connectivity index (χ0n) is 13.4. The lowest BCUT2D eigenvalue weighted by molar-refractivity contribution is 0.103. The molecule has 0 unspecified atom stereocenters. The van der Waals surface area contributed by atoms with E-state index in [1.54, 1.807) is 11.8 Å². The van der Waals surface area contributed by atoms with E-state index < -0.39 is 0 Å². The maximum Gasteiger partial charge on any atom is 0.266 e. The molecule has 0 fully saturated rings. The number of thioether (sulfide) groups is 1. The molecule has 3 aromatic rings. The summed E-state index contributed by atoms with van der Waals surface area (Å²) in [5.74, 6) is 0.635. The van der Waals surface area contributed by atoms with Crippen LogP contribution in [0.4, 0.5) is 5.69 Å². The Hall–Kier alpha value is -1.92. The first-order chi connectivity index (χ1) is 11.0. The summed E-state index contributed by atoms with van der Waals surface area (Å²) in [4.78, 5) is 24.2. The van der Waals surface area contributed by atoms with Gasteiger partial charge in [0.25, 0.3) is 5.91 Å². The van der Waals surface area contributed by atoms with E-state index in [0.29, 0.717) is 4.88 Å². The first-order valence-corrected chi connectivity index (χ1v) is 9.23. The van der Waals surface area contributed by atoms with Gasteiger partial charge in [-0.25, -0.2) is 9.97 Å². The molecule has 0 spiro atoms. The van der Waals surface area contributed by atoms with Gasteiger partial charge in [0.15, 0.2) is 0 Å². The molecule has 1 aromatic carbocycles. The Labute approximate surface area is 143 Å². The molecule has 1 N–H and O–H groups in total. The molecule has 0 saturated carbocycles. The number of benzene rings is 1. The molecule has 0 atom stereocenters. The van der Waals surface area contributed by atoms with E-state index >= 15 is 0 Å². The summed E-state index contributed by atoms with van der Waals surface area (Å²) < 4.78 is 0. The van der Waals surface area contributed by atoms with Crippen LogP contribution >= 0.6 is 23.1 Å². The van der Waals surface area contributed by atoms with Gasteiger partial charge in [0.05, 0.1) is 4.88 Å². The highest BCUT2D eigenvalue weighted by Gasteiger charge is 2.18. The largest absolute Gasteiger partial charge is 0.321 e. The molecule has 3 rings (SSSR count). The molecule has 0 aliphatic carbocycles. The van der Waals surface area contributed by atoms with Crippen molar-refractivity contribution in [1.29, 1.82) is 0 Å². The summed E-state index contributed by atoms with van der Waals surface area (Å²) in [5, 5.41) is 3.95. The van der Waals surface area contributed by atoms with Crippen LogP contribution in [0.15, 0.2) is 29.2 Å². The summed E-state index contributed by atoms with van der Waals surface area (Å²) in [5.41, 5.74) is 2.66. The summed E-state index contributed by atoms with van der Waals surface area (Å²) in [6, 6.07) is 7.83. The highest BCUT2D eigenvalue weighted by Crippen LogP contribution is 2.31. The molecule has 118 valence electrons. The number of aromatic nitrogens is 2. The molecule has 1 amide bonds. The Kier molecular flexibility index (Phi) is 4.37. The van der Waals surface area contributed by atoms with Crippen LogP contribution < -0.4 is 5.32 Å². The molecule has 0 saturated heterocycles. The molecule has 0 aliphatic rings. The lowest BCUT2D eigenvalue weighted by atomic mass is 10.1. The average Bonchev–Trinajstić information content (AvgIpc) is 2.85. The Balaban J connectivity index is 1.94. The number of rotatable bonds is 3. The quantitative estimate of drug-likeness (QED) is 0.707. The second-order valence-corrected chi connectivity index (χ2v) is 7.15. The first kappa shape index (κ1) is 16.0. The molecular formula is C17H17N3OS2. The summed E-state index contributed by atoms with van der Waals surface area (Å²) >= 11 is 3.10. The van der Waals surface area contributed by atoms with Gasteiger partial charge in [-0.15, -0.1) is 23.1 Å². The number of carbonyl (C=O) groups excluding carboxylic acids is 1. The topological polar surface area (TPSA) is 54.9 Å². The van der Waals surface area contributed by atoms with E-state index in [-0.39, 0.29) is 5.91 Å². The van der Waals surface area contributed by atoms with E-state index in [1.165, 1.54) is 16.2 Å². The van der Waals surface area contributed by atoms with Gasteiger partial charge in [-0.05, 0) is 56.9 Å². The van der Waals surface area contributed by atoms with Crippen LogP contribution in [0.25, 0.3) is 10.2 Å². The molecular weight excluding hydrogens is 326 g/mol. The van der Waals surface area contributed by atoms with Crippen molar-refractivity contribution >= 4 is 44.9 Å². The van der Waals surface area contributed by atoms with Gasteiger partial charge in [0.1, 0.15) is 10.7 Å². The minimum atomic E-state index is -0.0977. The van der Waals surface area contributed by atoms with Crippen molar-refractivity contribution in [2.45, 2.75) is 25.7 Å². The van der Waals surface area contributed by atoms with Crippen LogP contribution in [-0.4, -0.2) is 22.1 Å². The van der Waals surface area contributed by atoms with E-state index in [1.807, 2.05) is 51.3 Å². The normalized spacial score (nSPS) is 11.0. The van der Waals surface area contributed by atoms with Gasteiger partial charge in [0.2, 0.25) is 0 Å². The minimum absolute atomic E-state index is 0.0977. The second kappa shape index (κ2) is 6.29. The predicted octanol–water partition coefficient (Wildman–Crippen LogP) is 4.59. The minimum Gasteiger partial charge on any atom is -0.321 e. The lowest BCUT2D eigenvalue weighted by Gasteiger charge is -2.05. The maximum atomic E-state index is 12.6. The number of fused-ring (bicyclic) bond motifs is 1. The number of hydrogen-bond acceptors (Lipinski definition) is 5. The van der Waals surface area contributed by atoms with Crippen molar-refractivity contribution in [3.63, 3.8) is 0 Å². The van der Waals surface area contributed by atoms with Crippen LogP contribution in [0.2, 0.25) is 0 Å². The van der Waals surface area contributed by atoms with E-state index in [0.717, 1.165) is 33.0 Å². The smallest absolute Gasteiger partial charge is 0.266 e. The number of aryl methyl sites for hydroxylation is 3. The standard InChI is InChI=1S/C17H17N3OS2/c1-9-14-10(2)18-11(3)19-17(14)23-15(9)16(21)20-12-5-7-13(22-4)8-6-12/h5-8H,1-4H3,(H,20,21). The molecule has 4 nitrogen and oxygen atoms in total. The first-order valence-electron chi connectivity index (χ1n) is 7.19. The fourth-order valence-electron chi connectivity index (χ4n) is 2.55. The monoisotopic (exact) mass is 343 g/mol. The zero-order valence-corrected chi connectivity index (χ0v) is 15.1. The van der Waals surface area contributed by atoms with E-state index in [4.69, 9.17) is 0 Å². The fourth-order valence-corrected chi connectivity index (χ4v) is 4.13. The molecule has 0 aliphatic heterocycles. The molecule has 6 heteroatoms. The second-order valence-electron chi connectivity index (χ2n) is 5.28. The van der Waals surface area contributed by atoms with Gasteiger partial charge in [-0.1, -0.05) is 0 Å². The summed E-state index contributed by atoms with van der Waals surface area (Å²) in [6.07, 6.45) is 2.03. The van der Waals surface area contributed by atoms with Crippen molar-refractivity contribution in [1.82, 2.24) is 9.97 Å². The van der Waals surface area contributed by atoms with Crippen molar-refractivity contribution in [2.24, 2.45) is 0 Å². The van der Waals surface area contributed by atoms with Crippen molar-refractivity contribution < 1.29 is 4.79 Å². The highest BCUT2D eigenvalue weighted by molar-refractivity contribution is 7.98. The third-order valence-electron chi connectivity index (χ3n) is 3.64. The van der Waals surface area contributed by atoms with Gasteiger partial charge in [-0.3, -0.25) is 4.79 Å². The third-order valence-corrected chi connectivity index (χ3v) is 5.57. The van der Waals surface area contributed by atoms with Gasteiger partial charge in [-0.2, -0.15) is 0 Å². The van der Waals surface area contributed by atoms with E-state index in [9.17, 15) is 4.79 Å². The van der Waals surface area contributed by atoms with Gasteiger partial charge >= 0.3 is 0 Å². The Morgan fingerprint density at radius 1 is 1.13 bits per heavy atom. The maximum absolute atomic E-state index is 12.6. The molecule has 2 aromatic heterocycles. The molecule has 23 heavy (non-hydrogen) atoms. The highest BCUT2D eigenvalue weighted by atomic mass is 32.2. The summed E-state index contributed by atoms with van der Waals surface area (Å²) in [6.45, 7) is 5.78. The number of nitrogens with one attached hydrogen (secondary N) is 1. The third kappa shape index (κ3) is 3.09. The molecule has 2 heterocycles. The number of thiophene rings is 1. The Morgan fingerprint density at radius 2 is 1.83 bits per heavy atom. The average molecular weight is 343 g/mol. The zero-order chi connectivity index (χ0) is 16.6.